The quantitative estimate of drug-likeness (QED) is 0.727. The summed E-state index contributed by atoms with van der Waals surface area (Å²) in [6.07, 6.45) is 2.96. The summed E-state index contributed by atoms with van der Waals surface area (Å²) in [5.74, 6) is -0.818. The molecule has 0 saturated carbocycles. The van der Waals surface area contributed by atoms with Crippen molar-refractivity contribution in [2.45, 2.75) is 12.8 Å². The van der Waals surface area contributed by atoms with Crippen LogP contribution in [-0.4, -0.2) is 39.6 Å². The van der Waals surface area contributed by atoms with Crippen LogP contribution in [0.4, 0.5) is 5.69 Å². The average molecular weight is 251 g/mol. The Hall–Kier alpha value is -2.05. The first kappa shape index (κ1) is 12.4. The van der Waals surface area contributed by atoms with E-state index in [0.717, 1.165) is 12.8 Å². The minimum atomic E-state index is -0.356. The van der Waals surface area contributed by atoms with Gasteiger partial charge in [-0.1, -0.05) is 0 Å². The summed E-state index contributed by atoms with van der Waals surface area (Å²) in [5, 5.41) is 3.94. The van der Waals surface area contributed by atoms with Crippen LogP contribution in [0.1, 0.15) is 23.3 Å². The molecular formula is C11H17N5O2. The Bertz CT molecular complexity index is 462. The highest BCUT2D eigenvalue weighted by Gasteiger charge is 2.29. The van der Waals surface area contributed by atoms with Gasteiger partial charge in [0, 0.05) is 20.1 Å². The fourth-order valence-corrected chi connectivity index (χ4v) is 2.26. The zero-order chi connectivity index (χ0) is 13.3. The van der Waals surface area contributed by atoms with Crippen LogP contribution in [0, 0.1) is 5.92 Å². The first-order chi connectivity index (χ1) is 8.50. The number of aryl methyl sites for hydroxylation is 1. The van der Waals surface area contributed by atoms with Crippen LogP contribution in [0.5, 0.6) is 0 Å². The van der Waals surface area contributed by atoms with Crippen LogP contribution < -0.4 is 11.5 Å². The van der Waals surface area contributed by atoms with Crippen molar-refractivity contribution >= 4 is 17.5 Å². The van der Waals surface area contributed by atoms with E-state index < -0.39 is 0 Å². The van der Waals surface area contributed by atoms with Crippen LogP contribution in [0.3, 0.4) is 0 Å². The first-order valence-corrected chi connectivity index (χ1v) is 5.86. The number of aromatic nitrogens is 2. The van der Waals surface area contributed by atoms with Crippen molar-refractivity contribution < 1.29 is 9.59 Å². The van der Waals surface area contributed by atoms with E-state index in [9.17, 15) is 9.59 Å². The van der Waals surface area contributed by atoms with Gasteiger partial charge in [-0.2, -0.15) is 5.10 Å². The largest absolute Gasteiger partial charge is 0.396 e. The normalized spacial score (nSPS) is 19.8. The van der Waals surface area contributed by atoms with Crippen molar-refractivity contribution in [1.29, 1.82) is 0 Å². The van der Waals surface area contributed by atoms with Crippen molar-refractivity contribution in [3.8, 4) is 0 Å². The summed E-state index contributed by atoms with van der Waals surface area (Å²) in [5.41, 5.74) is 11.7. The zero-order valence-corrected chi connectivity index (χ0v) is 10.3. The van der Waals surface area contributed by atoms with Gasteiger partial charge in [0.1, 0.15) is 5.69 Å². The lowest BCUT2D eigenvalue weighted by molar-refractivity contribution is -0.123. The van der Waals surface area contributed by atoms with Gasteiger partial charge < -0.3 is 16.4 Å². The lowest BCUT2D eigenvalue weighted by Gasteiger charge is -2.31. The lowest BCUT2D eigenvalue weighted by atomic mass is 9.97. The number of nitrogen functional groups attached to an aromatic ring is 1. The van der Waals surface area contributed by atoms with E-state index >= 15 is 0 Å². The van der Waals surface area contributed by atoms with E-state index in [4.69, 9.17) is 11.5 Å². The number of rotatable bonds is 2. The highest BCUT2D eigenvalue weighted by Crippen LogP contribution is 2.20. The van der Waals surface area contributed by atoms with Gasteiger partial charge in [0.05, 0.1) is 17.8 Å². The lowest BCUT2D eigenvalue weighted by Crippen LogP contribution is -2.44. The predicted octanol–water partition coefficient (Wildman–Crippen LogP) is -0.660. The molecule has 18 heavy (non-hydrogen) atoms. The monoisotopic (exact) mass is 251 g/mol. The number of primary amides is 1. The highest BCUT2D eigenvalue weighted by atomic mass is 16.2. The molecule has 1 unspecified atom stereocenters. The molecule has 1 aromatic rings. The van der Waals surface area contributed by atoms with Crippen molar-refractivity contribution in [3.05, 3.63) is 11.9 Å². The van der Waals surface area contributed by atoms with E-state index in [1.807, 2.05) is 0 Å². The average Bonchev–Trinajstić information content (AvgIpc) is 2.68. The molecule has 4 N–H and O–H groups in total. The Kier molecular flexibility index (Phi) is 3.22. The summed E-state index contributed by atoms with van der Waals surface area (Å²) >= 11 is 0. The van der Waals surface area contributed by atoms with Crippen molar-refractivity contribution in [1.82, 2.24) is 14.7 Å². The molecule has 0 spiro atoms. The standard InChI is InChI=1S/C11H17N5O2/c1-15-9(8(12)5-14-15)11(18)16-4-2-3-7(6-16)10(13)17/h5,7H,2-4,6,12H2,1H3,(H2,13,17). The van der Waals surface area contributed by atoms with E-state index in [1.54, 1.807) is 11.9 Å². The molecule has 0 aromatic carbocycles. The number of anilines is 1. The van der Waals surface area contributed by atoms with Crippen LogP contribution in [0.15, 0.2) is 6.20 Å². The summed E-state index contributed by atoms with van der Waals surface area (Å²) in [7, 11) is 1.67. The van der Waals surface area contributed by atoms with Crippen molar-refractivity contribution in [2.24, 2.45) is 18.7 Å². The summed E-state index contributed by atoms with van der Waals surface area (Å²) in [4.78, 5) is 25.1. The number of nitrogens with zero attached hydrogens (tertiary/aromatic N) is 3. The molecule has 0 bridgehead atoms. The SMILES string of the molecule is Cn1ncc(N)c1C(=O)N1CCCC(C(N)=O)C1. The third kappa shape index (κ3) is 2.15. The number of amides is 2. The first-order valence-electron chi connectivity index (χ1n) is 5.86. The maximum absolute atomic E-state index is 12.3. The number of carbonyl (C=O) groups is 2. The van der Waals surface area contributed by atoms with Gasteiger partial charge in [-0.25, -0.2) is 0 Å². The second-order valence-electron chi connectivity index (χ2n) is 4.56. The van der Waals surface area contributed by atoms with Crippen LogP contribution >= 0.6 is 0 Å². The minimum Gasteiger partial charge on any atom is -0.396 e. The maximum atomic E-state index is 12.3. The minimum absolute atomic E-state index is 0.196. The number of piperidine rings is 1. The van der Waals surface area contributed by atoms with Crippen molar-refractivity contribution in [3.63, 3.8) is 0 Å². The summed E-state index contributed by atoms with van der Waals surface area (Å²) in [6.45, 7) is 0.978. The molecule has 0 radical (unpaired) electrons. The Balaban J connectivity index is 2.17. The van der Waals surface area contributed by atoms with Gasteiger partial charge in [0.25, 0.3) is 5.91 Å². The highest BCUT2D eigenvalue weighted by molar-refractivity contribution is 5.97. The second-order valence-corrected chi connectivity index (χ2v) is 4.56. The number of hydrogen-bond donors (Lipinski definition) is 2. The zero-order valence-electron chi connectivity index (χ0n) is 10.3. The molecule has 1 fully saturated rings. The molecule has 0 aliphatic carbocycles. The van der Waals surface area contributed by atoms with E-state index in [0.29, 0.717) is 24.5 Å². The van der Waals surface area contributed by atoms with Gasteiger partial charge in [0.2, 0.25) is 5.91 Å². The fourth-order valence-electron chi connectivity index (χ4n) is 2.26. The van der Waals surface area contributed by atoms with Crippen LogP contribution in [0.25, 0.3) is 0 Å². The molecule has 2 amide bonds. The van der Waals surface area contributed by atoms with Crippen LogP contribution in [0.2, 0.25) is 0 Å². The summed E-state index contributed by atoms with van der Waals surface area (Å²) in [6, 6.07) is 0. The molecule has 7 nitrogen and oxygen atoms in total. The fraction of sp³-hybridized carbons (Fsp3) is 0.545. The van der Waals surface area contributed by atoms with E-state index in [-0.39, 0.29) is 17.7 Å². The Morgan fingerprint density at radius 3 is 2.78 bits per heavy atom. The molecule has 1 aromatic heterocycles. The van der Waals surface area contributed by atoms with E-state index in [1.165, 1.54) is 10.9 Å². The van der Waals surface area contributed by atoms with Gasteiger partial charge in [0.15, 0.2) is 0 Å². The Morgan fingerprint density at radius 1 is 1.50 bits per heavy atom. The number of hydrogen-bond acceptors (Lipinski definition) is 4. The third-order valence-corrected chi connectivity index (χ3v) is 3.28. The molecule has 2 heterocycles. The van der Waals surface area contributed by atoms with Gasteiger partial charge in [-0.15, -0.1) is 0 Å². The molecule has 1 atom stereocenters. The van der Waals surface area contributed by atoms with Crippen LogP contribution in [-0.2, 0) is 11.8 Å². The second kappa shape index (κ2) is 4.67. The molecular weight excluding hydrogens is 234 g/mol. The molecule has 98 valence electrons. The topological polar surface area (TPSA) is 107 Å². The molecule has 1 aliphatic rings. The molecule has 1 saturated heterocycles. The third-order valence-electron chi connectivity index (χ3n) is 3.28. The van der Waals surface area contributed by atoms with Crippen molar-refractivity contribution in [2.75, 3.05) is 18.8 Å². The number of carbonyl (C=O) groups excluding carboxylic acids is 2. The number of nitrogens with two attached hydrogens (primary N) is 2. The molecule has 2 rings (SSSR count). The number of likely N-dealkylation sites (tertiary alicyclic amines) is 1. The molecule has 7 heteroatoms. The smallest absolute Gasteiger partial charge is 0.274 e. The Labute approximate surface area is 105 Å². The van der Waals surface area contributed by atoms with Gasteiger partial charge in [-0.05, 0) is 12.8 Å². The van der Waals surface area contributed by atoms with Gasteiger partial charge in [-0.3, -0.25) is 14.3 Å². The van der Waals surface area contributed by atoms with Gasteiger partial charge >= 0.3 is 0 Å². The summed E-state index contributed by atoms with van der Waals surface area (Å²) < 4.78 is 1.45. The van der Waals surface area contributed by atoms with E-state index in [2.05, 4.69) is 5.10 Å². The predicted molar refractivity (Wildman–Crippen MR) is 65.4 cm³/mol. The maximum Gasteiger partial charge on any atom is 0.274 e. The molecule has 1 aliphatic heterocycles. The Morgan fingerprint density at radius 2 is 2.22 bits per heavy atom.